The number of hydrogen-bond donors (Lipinski definition) is 2. The molecule has 0 saturated carbocycles. The smallest absolute Gasteiger partial charge is 0.193 e. The molecule has 0 saturated heterocycles. The maximum atomic E-state index is 10.3. The number of nitrogens with one attached hydrogen (secondary N) is 1. The summed E-state index contributed by atoms with van der Waals surface area (Å²) in [5.74, 6) is 2.06. The van der Waals surface area contributed by atoms with Gasteiger partial charge in [0.2, 0.25) is 0 Å². The van der Waals surface area contributed by atoms with Gasteiger partial charge in [0, 0.05) is 21.1 Å². The van der Waals surface area contributed by atoms with Crippen LogP contribution in [0, 0.1) is 6.92 Å². The third-order valence-corrected chi connectivity index (χ3v) is 2.50. The van der Waals surface area contributed by atoms with E-state index in [2.05, 4.69) is 10.3 Å². The van der Waals surface area contributed by atoms with Gasteiger partial charge in [-0.2, -0.15) is 0 Å². The Morgan fingerprint density at radius 2 is 2.18 bits per heavy atom. The Kier molecular flexibility index (Phi) is 4.17. The molecule has 0 aliphatic carbocycles. The largest absolute Gasteiger partial charge is 0.463 e. The zero-order chi connectivity index (χ0) is 13.1. The van der Waals surface area contributed by atoms with Crippen LogP contribution in [0.25, 0.3) is 0 Å². The van der Waals surface area contributed by atoms with Gasteiger partial charge in [0.15, 0.2) is 5.96 Å². The van der Waals surface area contributed by atoms with Gasteiger partial charge in [-0.3, -0.25) is 4.99 Å². The molecule has 5 nitrogen and oxygen atoms in total. The van der Waals surface area contributed by atoms with Gasteiger partial charge in [0.25, 0.3) is 0 Å². The van der Waals surface area contributed by atoms with Crippen molar-refractivity contribution in [1.82, 2.24) is 10.2 Å². The van der Waals surface area contributed by atoms with Gasteiger partial charge in [0.05, 0.1) is 6.54 Å². The van der Waals surface area contributed by atoms with Crippen molar-refractivity contribution in [3.63, 3.8) is 0 Å². The van der Waals surface area contributed by atoms with E-state index in [9.17, 15) is 5.11 Å². The van der Waals surface area contributed by atoms with Crippen LogP contribution in [0.3, 0.4) is 0 Å². The number of aliphatic imine (C=N–C) groups is 1. The molecule has 0 spiro atoms. The Morgan fingerprint density at radius 1 is 1.53 bits per heavy atom. The van der Waals surface area contributed by atoms with Gasteiger partial charge in [-0.1, -0.05) is 0 Å². The Bertz CT molecular complexity index is 394. The maximum Gasteiger partial charge on any atom is 0.193 e. The van der Waals surface area contributed by atoms with E-state index in [1.165, 1.54) is 0 Å². The quantitative estimate of drug-likeness (QED) is 0.608. The zero-order valence-electron chi connectivity index (χ0n) is 11.1. The fourth-order valence-corrected chi connectivity index (χ4v) is 1.50. The van der Waals surface area contributed by atoms with Gasteiger partial charge >= 0.3 is 0 Å². The number of hydrogen-bond acceptors (Lipinski definition) is 3. The van der Waals surface area contributed by atoms with Crippen molar-refractivity contribution in [1.29, 1.82) is 0 Å². The second-order valence-electron chi connectivity index (χ2n) is 4.48. The number of rotatable bonds is 3. The summed E-state index contributed by atoms with van der Waals surface area (Å²) in [5, 5.41) is 13.4. The van der Waals surface area contributed by atoms with Gasteiger partial charge in [-0.25, -0.2) is 0 Å². The fraction of sp³-hybridized carbons (Fsp3) is 0.583. The van der Waals surface area contributed by atoms with Gasteiger partial charge in [-0.15, -0.1) is 0 Å². The Hall–Kier alpha value is -1.49. The monoisotopic (exact) mass is 239 g/mol. The highest BCUT2D eigenvalue weighted by Crippen LogP contribution is 2.21. The Labute approximate surface area is 102 Å². The van der Waals surface area contributed by atoms with Crippen molar-refractivity contribution < 1.29 is 9.52 Å². The molecule has 1 aromatic rings. The lowest BCUT2D eigenvalue weighted by atomic mass is 10.0. The second-order valence-corrected chi connectivity index (χ2v) is 4.48. The lowest BCUT2D eigenvalue weighted by Crippen LogP contribution is -2.43. The van der Waals surface area contributed by atoms with Crippen LogP contribution < -0.4 is 5.32 Å². The molecule has 0 radical (unpaired) electrons. The molecule has 0 aromatic carbocycles. The van der Waals surface area contributed by atoms with Gasteiger partial charge in [0.1, 0.15) is 17.1 Å². The number of nitrogens with zero attached hydrogens (tertiary/aromatic N) is 2. The Morgan fingerprint density at radius 3 is 2.59 bits per heavy atom. The molecule has 0 bridgehead atoms. The van der Waals surface area contributed by atoms with E-state index in [-0.39, 0.29) is 0 Å². The third-order valence-electron chi connectivity index (χ3n) is 2.50. The highest BCUT2D eigenvalue weighted by Gasteiger charge is 2.27. The van der Waals surface area contributed by atoms with Crippen LogP contribution in [0.5, 0.6) is 0 Å². The highest BCUT2D eigenvalue weighted by molar-refractivity contribution is 5.79. The highest BCUT2D eigenvalue weighted by atomic mass is 16.4. The predicted octanol–water partition coefficient (Wildman–Crippen LogP) is 0.933. The van der Waals surface area contributed by atoms with E-state index < -0.39 is 5.60 Å². The molecule has 0 aliphatic rings. The standard InChI is InChI=1S/C12H21N3O2/c1-9-6-7-10(17-9)12(2,16)8-14-11(13-3)15(4)5/h6-7,16H,8H2,1-5H3,(H,13,14). The number of guanidine groups is 1. The van der Waals surface area contributed by atoms with Crippen molar-refractivity contribution in [2.75, 3.05) is 27.7 Å². The number of aliphatic hydroxyl groups is 1. The minimum atomic E-state index is -1.06. The third kappa shape index (κ3) is 3.49. The van der Waals surface area contributed by atoms with Crippen LogP contribution in [0.4, 0.5) is 0 Å². The van der Waals surface area contributed by atoms with E-state index in [0.29, 0.717) is 18.3 Å². The predicted molar refractivity (Wildman–Crippen MR) is 68.1 cm³/mol. The van der Waals surface area contributed by atoms with E-state index >= 15 is 0 Å². The van der Waals surface area contributed by atoms with Crippen LogP contribution >= 0.6 is 0 Å². The zero-order valence-corrected chi connectivity index (χ0v) is 11.1. The molecule has 1 rings (SSSR count). The van der Waals surface area contributed by atoms with Crippen molar-refractivity contribution >= 4 is 5.96 Å². The van der Waals surface area contributed by atoms with Crippen molar-refractivity contribution in [3.8, 4) is 0 Å². The summed E-state index contributed by atoms with van der Waals surface area (Å²) >= 11 is 0. The number of aryl methyl sites for hydroxylation is 1. The first kappa shape index (κ1) is 13.6. The van der Waals surface area contributed by atoms with E-state index in [0.717, 1.165) is 5.76 Å². The molecule has 1 atom stereocenters. The SMILES string of the molecule is CN=C(NCC(C)(O)c1ccc(C)o1)N(C)C. The van der Waals surface area contributed by atoms with Crippen LogP contribution in [-0.2, 0) is 5.60 Å². The molecule has 96 valence electrons. The molecule has 1 heterocycles. The normalized spacial score (nSPS) is 15.5. The van der Waals surface area contributed by atoms with Crippen LogP contribution in [-0.4, -0.2) is 43.7 Å². The van der Waals surface area contributed by atoms with E-state index in [4.69, 9.17) is 4.42 Å². The van der Waals surface area contributed by atoms with Crippen molar-refractivity contribution in [2.45, 2.75) is 19.4 Å². The minimum absolute atomic E-state index is 0.338. The van der Waals surface area contributed by atoms with Crippen LogP contribution in [0.2, 0.25) is 0 Å². The van der Waals surface area contributed by atoms with Gasteiger partial charge < -0.3 is 19.7 Å². The molecule has 17 heavy (non-hydrogen) atoms. The van der Waals surface area contributed by atoms with E-state index in [1.807, 2.05) is 32.0 Å². The molecule has 0 fully saturated rings. The van der Waals surface area contributed by atoms with Crippen LogP contribution in [0.15, 0.2) is 21.5 Å². The van der Waals surface area contributed by atoms with Crippen LogP contribution in [0.1, 0.15) is 18.4 Å². The lowest BCUT2D eigenvalue weighted by Gasteiger charge is -2.24. The fourth-order valence-electron chi connectivity index (χ4n) is 1.50. The Balaban J connectivity index is 2.67. The first-order chi connectivity index (χ1) is 7.86. The lowest BCUT2D eigenvalue weighted by molar-refractivity contribution is 0.0374. The van der Waals surface area contributed by atoms with E-state index in [1.54, 1.807) is 20.0 Å². The molecule has 0 aliphatic heterocycles. The average molecular weight is 239 g/mol. The summed E-state index contributed by atoms with van der Waals surface area (Å²) in [7, 11) is 5.48. The molecular weight excluding hydrogens is 218 g/mol. The molecular formula is C12H21N3O2. The molecule has 5 heteroatoms. The summed E-state index contributed by atoms with van der Waals surface area (Å²) in [6, 6.07) is 3.63. The molecule has 1 aromatic heterocycles. The number of furan rings is 1. The average Bonchev–Trinajstić information content (AvgIpc) is 2.66. The first-order valence-electron chi connectivity index (χ1n) is 5.54. The second kappa shape index (κ2) is 5.23. The topological polar surface area (TPSA) is 61.0 Å². The van der Waals surface area contributed by atoms with Crippen molar-refractivity contribution in [3.05, 3.63) is 23.7 Å². The first-order valence-corrected chi connectivity index (χ1v) is 5.54. The van der Waals surface area contributed by atoms with Crippen molar-refractivity contribution in [2.24, 2.45) is 4.99 Å². The summed E-state index contributed by atoms with van der Waals surface area (Å²) < 4.78 is 5.43. The molecule has 2 N–H and O–H groups in total. The minimum Gasteiger partial charge on any atom is -0.463 e. The maximum absolute atomic E-state index is 10.3. The summed E-state index contributed by atoms with van der Waals surface area (Å²) in [6.45, 7) is 3.90. The summed E-state index contributed by atoms with van der Waals surface area (Å²) in [6.07, 6.45) is 0. The summed E-state index contributed by atoms with van der Waals surface area (Å²) in [4.78, 5) is 5.93. The molecule has 0 amide bonds. The molecule has 1 unspecified atom stereocenters. The summed E-state index contributed by atoms with van der Waals surface area (Å²) in [5.41, 5.74) is -1.06. The van der Waals surface area contributed by atoms with Gasteiger partial charge in [-0.05, 0) is 26.0 Å².